The number of hydrogen-bond donors (Lipinski definition) is 3. The van der Waals surface area contributed by atoms with Crippen molar-refractivity contribution in [3.63, 3.8) is 0 Å². The molecule has 10 heteroatoms. The number of carbonyl (C=O) groups is 4. The summed E-state index contributed by atoms with van der Waals surface area (Å²) < 4.78 is 10.4. The lowest BCUT2D eigenvalue weighted by atomic mass is 10.00. The van der Waals surface area contributed by atoms with Crippen molar-refractivity contribution in [3.05, 3.63) is 59.7 Å². The molecule has 0 saturated heterocycles. The van der Waals surface area contributed by atoms with Crippen LogP contribution in [0.4, 0.5) is 10.5 Å². The highest BCUT2D eigenvalue weighted by Gasteiger charge is 2.36. The van der Waals surface area contributed by atoms with E-state index in [1.165, 1.54) is 7.11 Å². The highest BCUT2D eigenvalue weighted by molar-refractivity contribution is 5.99. The van der Waals surface area contributed by atoms with Gasteiger partial charge in [0.2, 0.25) is 5.91 Å². The van der Waals surface area contributed by atoms with Gasteiger partial charge in [0.1, 0.15) is 23.4 Å². The van der Waals surface area contributed by atoms with Gasteiger partial charge in [-0.1, -0.05) is 37.6 Å². The zero-order valence-corrected chi connectivity index (χ0v) is 22.9. The molecule has 2 aromatic rings. The fourth-order valence-electron chi connectivity index (χ4n) is 3.67. The van der Waals surface area contributed by atoms with Crippen LogP contribution in [0.1, 0.15) is 57.7 Å². The number of primary amides is 1. The van der Waals surface area contributed by atoms with E-state index in [9.17, 15) is 19.2 Å². The van der Waals surface area contributed by atoms with Crippen molar-refractivity contribution in [1.82, 2.24) is 10.2 Å². The SMILES string of the molecule is C#CN(C(=O)C(CCC(N)=O)NC(=O)OC(C)(C)C)C(C(=O)Nc1ccc(OC)cc1)c1ccc(CC)cc1. The average Bonchev–Trinajstić information content (AvgIpc) is 2.88. The molecule has 2 rings (SSSR count). The Morgan fingerprint density at radius 3 is 2.15 bits per heavy atom. The maximum atomic E-state index is 13.7. The molecule has 0 aliphatic carbocycles. The van der Waals surface area contributed by atoms with E-state index in [-0.39, 0.29) is 12.8 Å². The Morgan fingerprint density at radius 1 is 1.05 bits per heavy atom. The van der Waals surface area contributed by atoms with Gasteiger partial charge in [0, 0.05) is 18.2 Å². The molecular weight excluding hydrogens is 500 g/mol. The number of carbonyl (C=O) groups excluding carboxylic acids is 4. The smallest absolute Gasteiger partial charge is 0.408 e. The molecule has 0 fully saturated rings. The Kier molecular flexibility index (Phi) is 10.9. The van der Waals surface area contributed by atoms with Gasteiger partial charge in [0.05, 0.1) is 7.11 Å². The van der Waals surface area contributed by atoms with Gasteiger partial charge in [-0.3, -0.25) is 19.3 Å². The number of aryl methyl sites for hydroxylation is 1. The summed E-state index contributed by atoms with van der Waals surface area (Å²) in [6.45, 7) is 6.99. The molecule has 208 valence electrons. The first-order valence-electron chi connectivity index (χ1n) is 12.5. The van der Waals surface area contributed by atoms with Crippen LogP contribution in [0.2, 0.25) is 0 Å². The first-order chi connectivity index (χ1) is 18.4. The predicted octanol–water partition coefficient (Wildman–Crippen LogP) is 3.52. The van der Waals surface area contributed by atoms with Gasteiger partial charge >= 0.3 is 6.09 Å². The average molecular weight is 537 g/mol. The second kappa shape index (κ2) is 13.9. The molecular formula is C29H36N4O6. The van der Waals surface area contributed by atoms with E-state index in [0.29, 0.717) is 17.0 Å². The largest absolute Gasteiger partial charge is 0.497 e. The molecule has 0 aromatic heterocycles. The Bertz CT molecular complexity index is 1200. The molecule has 2 atom stereocenters. The van der Waals surface area contributed by atoms with Crippen molar-refractivity contribution in [3.8, 4) is 18.2 Å². The van der Waals surface area contributed by atoms with E-state index >= 15 is 0 Å². The summed E-state index contributed by atoms with van der Waals surface area (Å²) in [7, 11) is 1.53. The van der Waals surface area contributed by atoms with E-state index in [2.05, 4.69) is 16.7 Å². The van der Waals surface area contributed by atoms with Gasteiger partial charge < -0.3 is 25.8 Å². The Morgan fingerprint density at radius 2 is 1.67 bits per heavy atom. The number of amides is 4. The van der Waals surface area contributed by atoms with Gasteiger partial charge in [0.25, 0.3) is 11.8 Å². The van der Waals surface area contributed by atoms with Crippen LogP contribution >= 0.6 is 0 Å². The summed E-state index contributed by atoms with van der Waals surface area (Å²) in [5.41, 5.74) is 6.39. The number of nitrogens with one attached hydrogen (secondary N) is 2. The third-order valence-electron chi connectivity index (χ3n) is 5.61. The van der Waals surface area contributed by atoms with Crippen LogP contribution in [0.25, 0.3) is 0 Å². The minimum absolute atomic E-state index is 0.146. The first kappa shape index (κ1) is 30.7. The van der Waals surface area contributed by atoms with Crippen LogP contribution in [0.15, 0.2) is 48.5 Å². The van der Waals surface area contributed by atoms with Crippen molar-refractivity contribution in [2.45, 2.75) is 64.6 Å². The number of hydrogen-bond acceptors (Lipinski definition) is 6. The van der Waals surface area contributed by atoms with E-state index in [1.54, 1.807) is 57.2 Å². The molecule has 39 heavy (non-hydrogen) atoms. The van der Waals surface area contributed by atoms with Crippen molar-refractivity contribution in [1.29, 1.82) is 0 Å². The van der Waals surface area contributed by atoms with E-state index in [1.807, 2.05) is 19.1 Å². The topological polar surface area (TPSA) is 140 Å². The number of methoxy groups -OCH3 is 1. The number of benzene rings is 2. The molecule has 0 saturated carbocycles. The Labute approximate surface area is 229 Å². The van der Waals surface area contributed by atoms with Crippen LogP contribution in [0, 0.1) is 12.5 Å². The molecule has 0 radical (unpaired) electrons. The first-order valence-corrected chi connectivity index (χ1v) is 12.5. The van der Waals surface area contributed by atoms with Crippen molar-refractivity contribution < 1.29 is 28.7 Å². The molecule has 2 unspecified atom stereocenters. The molecule has 2 aromatic carbocycles. The number of nitrogens with two attached hydrogens (primary N) is 1. The van der Waals surface area contributed by atoms with Crippen LogP contribution in [-0.2, 0) is 25.5 Å². The normalized spacial score (nSPS) is 12.3. The molecule has 0 bridgehead atoms. The molecule has 4 amide bonds. The van der Waals surface area contributed by atoms with Crippen LogP contribution < -0.4 is 21.1 Å². The standard InChI is InChI=1S/C29H36N4O6/c1-7-19-9-11-20(12-10-19)25(26(35)31-21-13-15-22(38-6)16-14-21)33(8-2)27(36)23(17-18-24(30)34)32-28(37)39-29(3,4)5/h2,9-16,23,25H,7,17-18H2,1,3-6H3,(H2,30,34)(H,31,35)(H,32,37). The maximum Gasteiger partial charge on any atom is 0.408 e. The fourth-order valence-corrected chi connectivity index (χ4v) is 3.67. The van der Waals surface area contributed by atoms with Crippen LogP contribution in [0.5, 0.6) is 5.75 Å². The van der Waals surface area contributed by atoms with E-state index < -0.39 is 41.5 Å². The molecule has 10 nitrogen and oxygen atoms in total. The monoisotopic (exact) mass is 536 g/mol. The Hall–Kier alpha value is -4.52. The van der Waals surface area contributed by atoms with Crippen molar-refractivity contribution in [2.75, 3.05) is 12.4 Å². The second-order valence-electron chi connectivity index (χ2n) is 9.76. The number of rotatable bonds is 11. The third kappa shape index (κ3) is 9.38. The highest BCUT2D eigenvalue weighted by Crippen LogP contribution is 2.26. The summed E-state index contributed by atoms with van der Waals surface area (Å²) in [6.07, 6.45) is 5.32. The van der Waals surface area contributed by atoms with Crippen LogP contribution in [-0.4, -0.2) is 47.5 Å². The van der Waals surface area contributed by atoms with Gasteiger partial charge in [0.15, 0.2) is 0 Å². The quantitative estimate of drug-likeness (QED) is 0.297. The van der Waals surface area contributed by atoms with Crippen molar-refractivity contribution in [2.24, 2.45) is 5.73 Å². The van der Waals surface area contributed by atoms with Crippen molar-refractivity contribution >= 4 is 29.5 Å². The molecule has 4 N–H and O–H groups in total. The zero-order valence-electron chi connectivity index (χ0n) is 22.9. The maximum absolute atomic E-state index is 13.7. The summed E-state index contributed by atoms with van der Waals surface area (Å²) in [5, 5.41) is 5.25. The minimum atomic E-state index is -1.28. The summed E-state index contributed by atoms with van der Waals surface area (Å²) in [4.78, 5) is 52.2. The Balaban J connectivity index is 2.46. The number of nitrogens with zero attached hydrogens (tertiary/aromatic N) is 1. The number of terminal acetylenes is 1. The highest BCUT2D eigenvalue weighted by atomic mass is 16.6. The lowest BCUT2D eigenvalue weighted by molar-refractivity contribution is -0.137. The zero-order chi connectivity index (χ0) is 29.2. The van der Waals surface area contributed by atoms with Gasteiger partial charge in [-0.15, -0.1) is 0 Å². The summed E-state index contributed by atoms with van der Waals surface area (Å²) >= 11 is 0. The molecule has 0 heterocycles. The third-order valence-corrected chi connectivity index (χ3v) is 5.61. The lowest BCUT2D eigenvalue weighted by Crippen LogP contribution is -2.51. The molecule has 0 aliphatic heterocycles. The second-order valence-corrected chi connectivity index (χ2v) is 9.76. The summed E-state index contributed by atoms with van der Waals surface area (Å²) in [5.74, 6) is -1.43. The summed E-state index contributed by atoms with van der Waals surface area (Å²) in [6, 6.07) is 13.5. The van der Waals surface area contributed by atoms with E-state index in [0.717, 1.165) is 16.9 Å². The van der Waals surface area contributed by atoms with Gasteiger partial charge in [-0.25, -0.2) is 4.79 Å². The van der Waals surface area contributed by atoms with E-state index in [4.69, 9.17) is 21.6 Å². The minimum Gasteiger partial charge on any atom is -0.497 e. The fraction of sp³-hybridized carbons (Fsp3) is 0.379. The van der Waals surface area contributed by atoms with Crippen LogP contribution in [0.3, 0.4) is 0 Å². The number of alkyl carbamates (subject to hydrolysis) is 1. The number of anilines is 1. The van der Waals surface area contributed by atoms with Gasteiger partial charge in [-0.05, 0) is 69.0 Å². The number of ether oxygens (including phenoxy) is 2. The molecule has 0 aliphatic rings. The lowest BCUT2D eigenvalue weighted by Gasteiger charge is -2.30. The van der Waals surface area contributed by atoms with Gasteiger partial charge in [-0.2, -0.15) is 0 Å². The predicted molar refractivity (Wildman–Crippen MR) is 147 cm³/mol. The molecule has 0 spiro atoms.